The molecule has 2 aliphatic heterocycles. The molecule has 2 aliphatic rings. The van der Waals surface area contributed by atoms with E-state index in [4.69, 9.17) is 9.47 Å². The topological polar surface area (TPSA) is 76.8 Å². The molecule has 0 aliphatic carbocycles. The van der Waals surface area contributed by atoms with Crippen LogP contribution in [-0.4, -0.2) is 76.3 Å². The van der Waals surface area contributed by atoms with Crippen LogP contribution in [0.5, 0.6) is 0 Å². The molecule has 8 heteroatoms. The van der Waals surface area contributed by atoms with Crippen LogP contribution in [-0.2, 0) is 9.47 Å². The highest BCUT2D eigenvalue weighted by molar-refractivity contribution is 5.71. The fourth-order valence-corrected chi connectivity index (χ4v) is 3.36. The zero-order valence-corrected chi connectivity index (χ0v) is 13.5. The van der Waals surface area contributed by atoms with E-state index in [0.29, 0.717) is 12.6 Å². The molecule has 4 heterocycles. The molecule has 2 fully saturated rings. The third-order valence-corrected chi connectivity index (χ3v) is 4.82. The van der Waals surface area contributed by atoms with Gasteiger partial charge in [-0.25, -0.2) is 0 Å². The predicted octanol–water partition coefficient (Wildman–Crippen LogP) is 0.253. The number of fused-ring (bicyclic) bond motifs is 1. The van der Waals surface area contributed by atoms with Crippen molar-refractivity contribution < 1.29 is 9.47 Å². The van der Waals surface area contributed by atoms with Crippen LogP contribution in [0.3, 0.4) is 0 Å². The van der Waals surface area contributed by atoms with Gasteiger partial charge in [0.15, 0.2) is 0 Å². The molecule has 8 nitrogen and oxygen atoms in total. The molecular formula is C15H22N6O2. The quantitative estimate of drug-likeness (QED) is 0.869. The minimum Gasteiger partial charge on any atom is -0.379 e. The number of nitrogens with one attached hydrogen (secondary N) is 1. The third-order valence-electron chi connectivity index (χ3n) is 4.82. The molecule has 2 aromatic rings. The first-order chi connectivity index (χ1) is 11.2. The number of morpholine rings is 1. The Morgan fingerprint density at radius 1 is 1.17 bits per heavy atom. The van der Waals surface area contributed by atoms with Crippen LogP contribution < -0.4 is 5.32 Å². The van der Waals surface area contributed by atoms with Crippen LogP contribution in [0.2, 0.25) is 0 Å². The summed E-state index contributed by atoms with van der Waals surface area (Å²) in [5.41, 5.74) is 3.85. The van der Waals surface area contributed by atoms with E-state index in [2.05, 4.69) is 32.4 Å². The Morgan fingerprint density at radius 2 is 2.00 bits per heavy atom. The fraction of sp³-hybridized carbons (Fsp3) is 0.667. The van der Waals surface area contributed by atoms with E-state index >= 15 is 0 Å². The van der Waals surface area contributed by atoms with Crippen LogP contribution in [0.25, 0.3) is 5.65 Å². The van der Waals surface area contributed by atoms with Gasteiger partial charge in [-0.3, -0.25) is 4.90 Å². The SMILES string of the molecule is Cc1nn2cnnc2c(N[C@H]2COC[C@@H]2N2CCOCC2)c1C. The first-order valence-electron chi connectivity index (χ1n) is 8.07. The largest absolute Gasteiger partial charge is 0.379 e. The lowest BCUT2D eigenvalue weighted by molar-refractivity contribution is 0.0131. The number of hydrogen-bond donors (Lipinski definition) is 1. The van der Waals surface area contributed by atoms with Gasteiger partial charge in [0.1, 0.15) is 6.33 Å². The van der Waals surface area contributed by atoms with E-state index in [-0.39, 0.29) is 6.04 Å². The van der Waals surface area contributed by atoms with Gasteiger partial charge in [-0.05, 0) is 19.4 Å². The van der Waals surface area contributed by atoms with Gasteiger partial charge in [0.2, 0.25) is 5.65 Å². The zero-order valence-electron chi connectivity index (χ0n) is 13.5. The molecule has 23 heavy (non-hydrogen) atoms. The average Bonchev–Trinajstić information content (AvgIpc) is 3.21. The van der Waals surface area contributed by atoms with Crippen molar-refractivity contribution in [2.75, 3.05) is 44.8 Å². The maximum Gasteiger partial charge on any atom is 0.200 e. The molecule has 2 aromatic heterocycles. The number of hydrogen-bond acceptors (Lipinski definition) is 7. The Bertz CT molecular complexity index is 697. The Labute approximate surface area is 134 Å². The van der Waals surface area contributed by atoms with Crippen molar-refractivity contribution in [3.63, 3.8) is 0 Å². The summed E-state index contributed by atoms with van der Waals surface area (Å²) >= 11 is 0. The summed E-state index contributed by atoms with van der Waals surface area (Å²) in [5.74, 6) is 0. The van der Waals surface area contributed by atoms with Crippen molar-refractivity contribution in [2.24, 2.45) is 0 Å². The molecule has 0 radical (unpaired) electrons. The Morgan fingerprint density at radius 3 is 2.83 bits per heavy atom. The first kappa shape index (κ1) is 14.8. The van der Waals surface area contributed by atoms with Crippen molar-refractivity contribution in [1.29, 1.82) is 0 Å². The molecule has 0 amide bonds. The predicted molar refractivity (Wildman–Crippen MR) is 84.7 cm³/mol. The van der Waals surface area contributed by atoms with Crippen molar-refractivity contribution >= 4 is 11.3 Å². The third kappa shape index (κ3) is 2.66. The number of nitrogens with zero attached hydrogens (tertiary/aromatic N) is 5. The maximum absolute atomic E-state index is 5.76. The van der Waals surface area contributed by atoms with Gasteiger partial charge in [0, 0.05) is 13.1 Å². The highest BCUT2D eigenvalue weighted by Gasteiger charge is 2.34. The Balaban J connectivity index is 1.62. The maximum atomic E-state index is 5.76. The van der Waals surface area contributed by atoms with E-state index in [9.17, 15) is 0 Å². The highest BCUT2D eigenvalue weighted by atomic mass is 16.5. The fourth-order valence-electron chi connectivity index (χ4n) is 3.36. The summed E-state index contributed by atoms with van der Waals surface area (Å²) in [6.45, 7) is 9.04. The summed E-state index contributed by atoms with van der Waals surface area (Å²) in [7, 11) is 0. The normalized spacial score (nSPS) is 26.0. The van der Waals surface area contributed by atoms with Crippen molar-refractivity contribution in [3.05, 3.63) is 17.6 Å². The van der Waals surface area contributed by atoms with Crippen LogP contribution in [0.1, 0.15) is 11.3 Å². The molecule has 0 saturated carbocycles. The zero-order chi connectivity index (χ0) is 15.8. The van der Waals surface area contributed by atoms with E-state index in [1.165, 1.54) is 0 Å². The monoisotopic (exact) mass is 318 g/mol. The van der Waals surface area contributed by atoms with Gasteiger partial charge in [0.05, 0.1) is 49.9 Å². The number of ether oxygens (including phenoxy) is 2. The molecule has 2 atom stereocenters. The molecular weight excluding hydrogens is 296 g/mol. The summed E-state index contributed by atoms with van der Waals surface area (Å²) in [5, 5.41) is 16.3. The van der Waals surface area contributed by atoms with Crippen LogP contribution >= 0.6 is 0 Å². The number of anilines is 1. The van der Waals surface area contributed by atoms with Gasteiger partial charge in [-0.15, -0.1) is 10.2 Å². The van der Waals surface area contributed by atoms with Crippen molar-refractivity contribution in [2.45, 2.75) is 25.9 Å². The molecule has 0 aromatic carbocycles. The van der Waals surface area contributed by atoms with Crippen LogP contribution in [0.4, 0.5) is 5.69 Å². The van der Waals surface area contributed by atoms with Gasteiger partial charge in [-0.1, -0.05) is 0 Å². The molecule has 0 bridgehead atoms. The first-order valence-corrected chi connectivity index (χ1v) is 8.07. The van der Waals surface area contributed by atoms with Gasteiger partial charge < -0.3 is 14.8 Å². The van der Waals surface area contributed by atoms with E-state index in [0.717, 1.165) is 55.5 Å². The highest BCUT2D eigenvalue weighted by Crippen LogP contribution is 2.25. The summed E-state index contributed by atoms with van der Waals surface area (Å²) in [6, 6.07) is 0.587. The number of aromatic nitrogens is 4. The van der Waals surface area contributed by atoms with Crippen molar-refractivity contribution in [1.82, 2.24) is 24.7 Å². The van der Waals surface area contributed by atoms with Crippen LogP contribution in [0.15, 0.2) is 6.33 Å². The molecule has 0 unspecified atom stereocenters. The van der Waals surface area contributed by atoms with E-state index in [1.54, 1.807) is 10.8 Å². The number of aryl methyl sites for hydroxylation is 1. The second kappa shape index (κ2) is 6.03. The number of rotatable bonds is 3. The lowest BCUT2D eigenvalue weighted by atomic mass is 10.1. The van der Waals surface area contributed by atoms with Gasteiger partial charge >= 0.3 is 0 Å². The van der Waals surface area contributed by atoms with E-state index < -0.39 is 0 Å². The lowest BCUT2D eigenvalue weighted by Gasteiger charge is -2.35. The Kier molecular flexibility index (Phi) is 3.88. The average molecular weight is 318 g/mol. The molecule has 1 N–H and O–H groups in total. The second-order valence-electron chi connectivity index (χ2n) is 6.19. The summed E-state index contributed by atoms with van der Waals surface area (Å²) in [4.78, 5) is 2.46. The van der Waals surface area contributed by atoms with Crippen molar-refractivity contribution in [3.8, 4) is 0 Å². The summed E-state index contributed by atoms with van der Waals surface area (Å²) < 4.78 is 12.9. The lowest BCUT2D eigenvalue weighted by Crippen LogP contribution is -2.50. The smallest absolute Gasteiger partial charge is 0.200 e. The standard InChI is InChI=1S/C15H22N6O2/c1-10-11(2)19-21-9-16-18-15(21)14(10)17-12-7-23-8-13(12)20-3-5-22-6-4-20/h9,12-13,17H,3-8H2,1-2H3/t12-,13-/m0/s1. The molecule has 2 saturated heterocycles. The Hall–Kier alpha value is -1.77. The molecule has 0 spiro atoms. The van der Waals surface area contributed by atoms with Gasteiger partial charge in [0.25, 0.3) is 0 Å². The molecule has 4 rings (SSSR count). The second-order valence-corrected chi connectivity index (χ2v) is 6.19. The molecule has 124 valence electrons. The minimum absolute atomic E-state index is 0.231. The summed E-state index contributed by atoms with van der Waals surface area (Å²) in [6.07, 6.45) is 1.64. The minimum atomic E-state index is 0.231. The van der Waals surface area contributed by atoms with Gasteiger partial charge in [-0.2, -0.15) is 9.61 Å². The van der Waals surface area contributed by atoms with Crippen LogP contribution in [0, 0.1) is 13.8 Å². The van der Waals surface area contributed by atoms with E-state index in [1.807, 2.05) is 6.92 Å².